The first-order valence-electron chi connectivity index (χ1n) is 9.17. The summed E-state index contributed by atoms with van der Waals surface area (Å²) in [5.74, 6) is 1.99. The van der Waals surface area contributed by atoms with Gasteiger partial charge in [-0.25, -0.2) is 0 Å². The van der Waals surface area contributed by atoms with Crippen LogP contribution in [-0.4, -0.2) is 25.3 Å². The fraction of sp³-hybridized carbons (Fsp3) is 0.500. The minimum absolute atomic E-state index is 0. The van der Waals surface area contributed by atoms with Crippen LogP contribution in [0.3, 0.4) is 0 Å². The molecule has 0 saturated carbocycles. The van der Waals surface area contributed by atoms with Crippen LogP contribution >= 0.6 is 24.0 Å². The third-order valence-corrected chi connectivity index (χ3v) is 4.50. The summed E-state index contributed by atoms with van der Waals surface area (Å²) in [5.41, 5.74) is 3.39. The SMILES string of the molecule is CCC(CC)c1cc(CNC(=NC)NCc2ccccc2COC)on1.I. The van der Waals surface area contributed by atoms with Crippen molar-refractivity contribution in [2.24, 2.45) is 4.99 Å². The first kappa shape index (κ1) is 23.4. The zero-order valence-corrected chi connectivity index (χ0v) is 18.9. The average Bonchev–Trinajstić information content (AvgIpc) is 3.13. The van der Waals surface area contributed by atoms with Crippen molar-refractivity contribution >= 4 is 29.9 Å². The second kappa shape index (κ2) is 12.7. The summed E-state index contributed by atoms with van der Waals surface area (Å²) in [6.07, 6.45) is 2.14. The van der Waals surface area contributed by atoms with Crippen LogP contribution in [0.4, 0.5) is 0 Å². The second-order valence-electron chi connectivity index (χ2n) is 6.21. The van der Waals surface area contributed by atoms with Crippen molar-refractivity contribution in [3.63, 3.8) is 0 Å². The highest BCUT2D eigenvalue weighted by Crippen LogP contribution is 2.22. The molecule has 6 nitrogen and oxygen atoms in total. The normalized spacial score (nSPS) is 11.4. The average molecular weight is 486 g/mol. The highest BCUT2D eigenvalue weighted by Gasteiger charge is 2.13. The maximum absolute atomic E-state index is 5.45. The molecule has 1 aromatic heterocycles. The van der Waals surface area contributed by atoms with Crippen LogP contribution in [0.2, 0.25) is 0 Å². The predicted octanol–water partition coefficient (Wildman–Crippen LogP) is 4.21. The van der Waals surface area contributed by atoms with E-state index in [1.807, 2.05) is 18.2 Å². The molecule has 0 aliphatic heterocycles. The molecular formula is C20H31IN4O2. The van der Waals surface area contributed by atoms with Gasteiger partial charge in [-0.1, -0.05) is 43.3 Å². The Bertz CT molecular complexity index is 699. The molecule has 2 N–H and O–H groups in total. The van der Waals surface area contributed by atoms with Crippen molar-refractivity contribution in [1.82, 2.24) is 15.8 Å². The molecule has 0 atom stereocenters. The maximum atomic E-state index is 5.45. The van der Waals surface area contributed by atoms with E-state index < -0.39 is 0 Å². The van der Waals surface area contributed by atoms with Crippen molar-refractivity contribution in [3.05, 3.63) is 52.9 Å². The van der Waals surface area contributed by atoms with Crippen LogP contribution in [0.15, 0.2) is 39.8 Å². The number of guanidine groups is 1. The molecule has 2 rings (SSSR count). The Kier molecular flexibility index (Phi) is 11.0. The number of nitrogens with one attached hydrogen (secondary N) is 2. The first-order chi connectivity index (χ1) is 12.7. The molecule has 0 spiro atoms. The van der Waals surface area contributed by atoms with E-state index in [0.29, 0.717) is 25.6 Å². The zero-order valence-electron chi connectivity index (χ0n) is 16.6. The van der Waals surface area contributed by atoms with Gasteiger partial charge in [0.05, 0.1) is 18.8 Å². The van der Waals surface area contributed by atoms with Crippen LogP contribution in [0, 0.1) is 0 Å². The molecule has 0 aliphatic carbocycles. The quantitative estimate of drug-likeness (QED) is 0.316. The minimum Gasteiger partial charge on any atom is -0.380 e. The van der Waals surface area contributed by atoms with Gasteiger partial charge in [0.1, 0.15) is 0 Å². The molecule has 0 unspecified atom stereocenters. The maximum Gasteiger partial charge on any atom is 0.191 e. The lowest BCUT2D eigenvalue weighted by atomic mass is 9.99. The van der Waals surface area contributed by atoms with Gasteiger partial charge in [-0.05, 0) is 24.0 Å². The van der Waals surface area contributed by atoms with Crippen LogP contribution in [-0.2, 0) is 24.4 Å². The van der Waals surface area contributed by atoms with E-state index in [0.717, 1.165) is 30.3 Å². The molecule has 0 amide bonds. The number of hydrogen-bond acceptors (Lipinski definition) is 4. The van der Waals surface area contributed by atoms with Crippen LogP contribution < -0.4 is 10.6 Å². The van der Waals surface area contributed by atoms with Gasteiger partial charge in [0, 0.05) is 32.7 Å². The van der Waals surface area contributed by atoms with E-state index in [9.17, 15) is 0 Å². The Morgan fingerprint density at radius 2 is 1.81 bits per heavy atom. The Hall–Kier alpha value is -1.61. The van der Waals surface area contributed by atoms with Crippen molar-refractivity contribution < 1.29 is 9.26 Å². The third-order valence-electron chi connectivity index (χ3n) is 4.50. The van der Waals surface area contributed by atoms with E-state index in [1.165, 1.54) is 11.1 Å². The van der Waals surface area contributed by atoms with Gasteiger partial charge >= 0.3 is 0 Å². The number of nitrogens with zero attached hydrogens (tertiary/aromatic N) is 2. The lowest BCUT2D eigenvalue weighted by Crippen LogP contribution is -2.36. The van der Waals surface area contributed by atoms with Crippen LogP contribution in [0.25, 0.3) is 0 Å². The molecule has 27 heavy (non-hydrogen) atoms. The molecule has 0 bridgehead atoms. The number of hydrogen-bond donors (Lipinski definition) is 2. The smallest absolute Gasteiger partial charge is 0.191 e. The number of benzene rings is 1. The van der Waals surface area contributed by atoms with Gasteiger partial charge in [-0.3, -0.25) is 4.99 Å². The van der Waals surface area contributed by atoms with Gasteiger partial charge in [0.25, 0.3) is 0 Å². The number of aromatic nitrogens is 1. The fourth-order valence-electron chi connectivity index (χ4n) is 2.91. The molecule has 0 saturated heterocycles. The lowest BCUT2D eigenvalue weighted by Gasteiger charge is -2.13. The Labute approximate surface area is 179 Å². The largest absolute Gasteiger partial charge is 0.380 e. The fourth-order valence-corrected chi connectivity index (χ4v) is 2.91. The van der Waals surface area contributed by atoms with Gasteiger partial charge < -0.3 is 19.9 Å². The zero-order chi connectivity index (χ0) is 18.8. The summed E-state index contributed by atoms with van der Waals surface area (Å²) in [4.78, 5) is 4.27. The molecule has 7 heteroatoms. The Balaban J connectivity index is 0.00000364. The van der Waals surface area contributed by atoms with E-state index in [1.54, 1.807) is 14.2 Å². The van der Waals surface area contributed by atoms with Crippen LogP contribution in [0.1, 0.15) is 55.2 Å². The number of halogens is 1. The van der Waals surface area contributed by atoms with Crippen molar-refractivity contribution in [3.8, 4) is 0 Å². The monoisotopic (exact) mass is 486 g/mol. The summed E-state index contributed by atoms with van der Waals surface area (Å²) in [6.45, 7) is 6.17. The lowest BCUT2D eigenvalue weighted by molar-refractivity contribution is 0.184. The van der Waals surface area contributed by atoms with E-state index >= 15 is 0 Å². The van der Waals surface area contributed by atoms with Crippen molar-refractivity contribution in [2.75, 3.05) is 14.2 Å². The third kappa shape index (κ3) is 7.14. The number of rotatable bonds is 9. The molecule has 150 valence electrons. The van der Waals surface area contributed by atoms with E-state index in [2.05, 4.69) is 46.8 Å². The molecule has 1 aromatic carbocycles. The highest BCUT2D eigenvalue weighted by atomic mass is 127. The predicted molar refractivity (Wildman–Crippen MR) is 119 cm³/mol. The molecule has 0 radical (unpaired) electrons. The topological polar surface area (TPSA) is 71.7 Å². The first-order valence-corrected chi connectivity index (χ1v) is 9.17. The second-order valence-corrected chi connectivity index (χ2v) is 6.21. The van der Waals surface area contributed by atoms with Gasteiger partial charge in [-0.2, -0.15) is 0 Å². The standard InChI is InChI=1S/C20H30N4O2.HI/c1-5-15(6-2)19-11-18(26-24-19)13-23-20(21-3)22-12-16-9-7-8-10-17(16)14-25-4;/h7-11,15H,5-6,12-14H2,1-4H3,(H2,21,22,23);1H. The van der Waals surface area contributed by atoms with Gasteiger partial charge in [0.15, 0.2) is 11.7 Å². The summed E-state index contributed by atoms with van der Waals surface area (Å²) < 4.78 is 10.7. The number of methoxy groups -OCH3 is 1. The summed E-state index contributed by atoms with van der Waals surface area (Å²) in [7, 11) is 3.46. The Morgan fingerprint density at radius 1 is 1.15 bits per heavy atom. The molecule has 0 aliphatic rings. The number of ether oxygens (including phenoxy) is 1. The van der Waals surface area contributed by atoms with Gasteiger partial charge in [0.2, 0.25) is 0 Å². The molecule has 0 fully saturated rings. The van der Waals surface area contributed by atoms with E-state index in [-0.39, 0.29) is 24.0 Å². The minimum atomic E-state index is 0. The summed E-state index contributed by atoms with van der Waals surface area (Å²) in [6, 6.07) is 10.2. The van der Waals surface area contributed by atoms with Crippen molar-refractivity contribution in [1.29, 1.82) is 0 Å². The molecule has 1 heterocycles. The summed E-state index contributed by atoms with van der Waals surface area (Å²) in [5, 5.41) is 10.8. The Morgan fingerprint density at radius 3 is 2.44 bits per heavy atom. The van der Waals surface area contributed by atoms with Gasteiger partial charge in [-0.15, -0.1) is 24.0 Å². The summed E-state index contributed by atoms with van der Waals surface area (Å²) >= 11 is 0. The molecular weight excluding hydrogens is 455 g/mol. The van der Waals surface area contributed by atoms with Crippen molar-refractivity contribution in [2.45, 2.75) is 52.3 Å². The highest BCUT2D eigenvalue weighted by molar-refractivity contribution is 14.0. The van der Waals surface area contributed by atoms with Crippen LogP contribution in [0.5, 0.6) is 0 Å². The van der Waals surface area contributed by atoms with E-state index in [4.69, 9.17) is 9.26 Å². The molecule has 2 aromatic rings. The number of aliphatic imine (C=N–C) groups is 1.